The molecule has 1 saturated heterocycles. The van der Waals surface area contributed by atoms with Gasteiger partial charge in [-0.3, -0.25) is 0 Å². The van der Waals surface area contributed by atoms with Crippen LogP contribution in [0.3, 0.4) is 0 Å². The van der Waals surface area contributed by atoms with E-state index in [-0.39, 0.29) is 6.03 Å². The number of urea groups is 1. The van der Waals surface area contributed by atoms with Gasteiger partial charge in [-0.1, -0.05) is 31.4 Å². The maximum absolute atomic E-state index is 12.2. The zero-order valence-corrected chi connectivity index (χ0v) is 13.7. The minimum Gasteiger partial charge on any atom is -0.353 e. The van der Waals surface area contributed by atoms with Crippen LogP contribution in [-0.4, -0.2) is 42.1 Å². The van der Waals surface area contributed by atoms with E-state index in [0.29, 0.717) is 5.92 Å². The molecule has 124 valence electrons. The number of amides is 2. The molecule has 1 aliphatic carbocycles. The second kappa shape index (κ2) is 7.99. The lowest BCUT2D eigenvalue weighted by molar-refractivity contribution is 0.198. The lowest BCUT2D eigenvalue weighted by Crippen LogP contribution is -2.51. The molecule has 0 aromatic carbocycles. The molecule has 1 aliphatic heterocycles. The third-order valence-electron chi connectivity index (χ3n) is 4.77. The maximum Gasteiger partial charge on any atom is 0.321 e. The zero-order valence-electron chi connectivity index (χ0n) is 13.7. The van der Waals surface area contributed by atoms with Crippen molar-refractivity contribution in [1.82, 2.24) is 15.2 Å². The molecule has 0 spiro atoms. The number of nitrogens with one attached hydrogen (secondary N) is 1. The Morgan fingerprint density at radius 3 is 2.61 bits per heavy atom. The zero-order chi connectivity index (χ0) is 15.9. The molecule has 1 N–H and O–H groups in total. The van der Waals surface area contributed by atoms with E-state index in [1.54, 1.807) is 0 Å². The molecule has 5 heteroatoms. The average molecular weight is 314 g/mol. The molecular formula is C18H26N4O. The summed E-state index contributed by atoms with van der Waals surface area (Å²) < 4.78 is 0. The van der Waals surface area contributed by atoms with Crippen molar-refractivity contribution in [3.63, 3.8) is 0 Å². The number of carbonyl (C=O) groups excluding carboxylic acids is 1. The van der Waals surface area contributed by atoms with Crippen LogP contribution >= 0.6 is 0 Å². The highest BCUT2D eigenvalue weighted by molar-refractivity contribution is 5.75. The van der Waals surface area contributed by atoms with Gasteiger partial charge < -0.3 is 15.1 Å². The molecule has 0 atom stereocenters. The summed E-state index contributed by atoms with van der Waals surface area (Å²) in [7, 11) is 0. The van der Waals surface area contributed by atoms with Crippen LogP contribution in [-0.2, 0) is 0 Å². The standard InChI is InChI=1S/C18H26N4O/c23-18(20-11-9-16-6-2-1-3-7-16)22-14-12-21(13-15-22)17-8-4-5-10-19-17/h4-5,8-11,16H,1-3,6-7,12-15H2,(H,20,23)/b11-9+. The van der Waals surface area contributed by atoms with E-state index in [9.17, 15) is 4.79 Å². The number of pyridine rings is 1. The molecule has 0 unspecified atom stereocenters. The van der Waals surface area contributed by atoms with Gasteiger partial charge >= 0.3 is 6.03 Å². The molecule has 2 heterocycles. The van der Waals surface area contributed by atoms with Crippen LogP contribution in [0.2, 0.25) is 0 Å². The summed E-state index contributed by atoms with van der Waals surface area (Å²) in [5.41, 5.74) is 0. The van der Waals surface area contributed by atoms with Crippen LogP contribution in [0, 0.1) is 5.92 Å². The van der Waals surface area contributed by atoms with Gasteiger partial charge in [0.15, 0.2) is 0 Å². The Bertz CT molecular complexity index is 517. The van der Waals surface area contributed by atoms with Crippen molar-refractivity contribution in [1.29, 1.82) is 0 Å². The van der Waals surface area contributed by atoms with Crippen LogP contribution in [0.5, 0.6) is 0 Å². The van der Waals surface area contributed by atoms with E-state index in [1.807, 2.05) is 35.5 Å². The monoisotopic (exact) mass is 314 g/mol. The van der Waals surface area contributed by atoms with Gasteiger partial charge in [-0.15, -0.1) is 0 Å². The van der Waals surface area contributed by atoms with Gasteiger partial charge in [0.2, 0.25) is 0 Å². The molecule has 23 heavy (non-hydrogen) atoms. The third kappa shape index (κ3) is 4.47. The topological polar surface area (TPSA) is 48.5 Å². The molecule has 2 fully saturated rings. The summed E-state index contributed by atoms with van der Waals surface area (Å²) in [6, 6.07) is 5.95. The predicted molar refractivity (Wildman–Crippen MR) is 92.3 cm³/mol. The average Bonchev–Trinajstić information content (AvgIpc) is 2.63. The fraction of sp³-hybridized carbons (Fsp3) is 0.556. The van der Waals surface area contributed by atoms with Crippen LogP contribution in [0.25, 0.3) is 0 Å². The van der Waals surface area contributed by atoms with E-state index in [0.717, 1.165) is 32.0 Å². The molecule has 1 aromatic heterocycles. The van der Waals surface area contributed by atoms with Crippen LogP contribution in [0.15, 0.2) is 36.7 Å². The quantitative estimate of drug-likeness (QED) is 0.933. The second-order valence-corrected chi connectivity index (χ2v) is 6.37. The number of rotatable bonds is 3. The van der Waals surface area contributed by atoms with E-state index in [4.69, 9.17) is 0 Å². The highest BCUT2D eigenvalue weighted by Gasteiger charge is 2.21. The van der Waals surface area contributed by atoms with Crippen LogP contribution in [0.1, 0.15) is 32.1 Å². The number of nitrogens with zero attached hydrogens (tertiary/aromatic N) is 3. The lowest BCUT2D eigenvalue weighted by atomic mass is 9.89. The Morgan fingerprint density at radius 2 is 1.91 bits per heavy atom. The first kappa shape index (κ1) is 15.8. The van der Waals surface area contributed by atoms with Crippen molar-refractivity contribution in [2.75, 3.05) is 31.1 Å². The molecule has 2 aliphatic rings. The van der Waals surface area contributed by atoms with Gasteiger partial charge in [0.1, 0.15) is 5.82 Å². The maximum atomic E-state index is 12.2. The SMILES string of the molecule is O=C(N/C=C/C1CCCCC1)N1CCN(c2ccccn2)CC1. The second-order valence-electron chi connectivity index (χ2n) is 6.37. The molecule has 1 saturated carbocycles. The van der Waals surface area contributed by atoms with Crippen molar-refractivity contribution < 1.29 is 4.79 Å². The summed E-state index contributed by atoms with van der Waals surface area (Å²) in [4.78, 5) is 20.7. The minimum absolute atomic E-state index is 0.0118. The lowest BCUT2D eigenvalue weighted by Gasteiger charge is -2.35. The first-order valence-corrected chi connectivity index (χ1v) is 8.71. The summed E-state index contributed by atoms with van der Waals surface area (Å²) in [5, 5.41) is 2.93. The van der Waals surface area contributed by atoms with Crippen LogP contribution < -0.4 is 10.2 Å². The van der Waals surface area contributed by atoms with E-state index in [1.165, 1.54) is 32.1 Å². The van der Waals surface area contributed by atoms with Crippen molar-refractivity contribution in [2.24, 2.45) is 5.92 Å². The van der Waals surface area contributed by atoms with Crippen molar-refractivity contribution in [3.05, 3.63) is 36.7 Å². The van der Waals surface area contributed by atoms with Crippen molar-refractivity contribution in [2.45, 2.75) is 32.1 Å². The molecule has 3 rings (SSSR count). The van der Waals surface area contributed by atoms with Gasteiger partial charge in [-0.2, -0.15) is 0 Å². The smallest absolute Gasteiger partial charge is 0.321 e. The summed E-state index contributed by atoms with van der Waals surface area (Å²) in [6.07, 6.45) is 12.3. The Hall–Kier alpha value is -2.04. The van der Waals surface area contributed by atoms with Crippen LogP contribution in [0.4, 0.5) is 10.6 Å². The Balaban J connectivity index is 1.42. The Morgan fingerprint density at radius 1 is 1.13 bits per heavy atom. The van der Waals surface area contributed by atoms with E-state index >= 15 is 0 Å². The molecule has 5 nitrogen and oxygen atoms in total. The molecule has 0 radical (unpaired) electrons. The first-order valence-electron chi connectivity index (χ1n) is 8.71. The van der Waals surface area contributed by atoms with Gasteiger partial charge in [0.05, 0.1) is 0 Å². The van der Waals surface area contributed by atoms with Gasteiger partial charge in [0.25, 0.3) is 0 Å². The largest absolute Gasteiger partial charge is 0.353 e. The highest BCUT2D eigenvalue weighted by atomic mass is 16.2. The van der Waals surface area contributed by atoms with Crippen molar-refractivity contribution >= 4 is 11.8 Å². The summed E-state index contributed by atoms with van der Waals surface area (Å²) in [5.74, 6) is 1.63. The summed E-state index contributed by atoms with van der Waals surface area (Å²) >= 11 is 0. The summed E-state index contributed by atoms with van der Waals surface area (Å²) in [6.45, 7) is 3.13. The molecule has 0 bridgehead atoms. The van der Waals surface area contributed by atoms with Gasteiger partial charge in [-0.05, 0) is 30.9 Å². The number of aromatic nitrogens is 1. The Labute approximate surface area is 138 Å². The predicted octanol–water partition coefficient (Wildman–Crippen LogP) is 3.01. The number of anilines is 1. The van der Waals surface area contributed by atoms with Gasteiger partial charge in [-0.25, -0.2) is 9.78 Å². The molecular weight excluding hydrogens is 288 g/mol. The number of piperazine rings is 1. The minimum atomic E-state index is 0.0118. The first-order chi connectivity index (χ1) is 11.3. The molecule has 1 aromatic rings. The number of allylic oxidation sites excluding steroid dienone is 1. The van der Waals surface area contributed by atoms with Gasteiger partial charge in [0, 0.05) is 38.6 Å². The Kier molecular flexibility index (Phi) is 5.51. The highest BCUT2D eigenvalue weighted by Crippen LogP contribution is 2.24. The third-order valence-corrected chi connectivity index (χ3v) is 4.77. The van der Waals surface area contributed by atoms with E-state index < -0.39 is 0 Å². The fourth-order valence-corrected chi connectivity index (χ4v) is 3.35. The number of carbonyl (C=O) groups is 1. The number of hydrogen-bond acceptors (Lipinski definition) is 3. The molecule has 2 amide bonds. The number of hydrogen-bond donors (Lipinski definition) is 1. The fourth-order valence-electron chi connectivity index (χ4n) is 3.35. The van der Waals surface area contributed by atoms with Crippen molar-refractivity contribution in [3.8, 4) is 0 Å². The van der Waals surface area contributed by atoms with E-state index in [2.05, 4.69) is 21.3 Å². The normalized spacial score (nSPS) is 20.0.